The van der Waals surface area contributed by atoms with E-state index in [0.29, 0.717) is 23.3 Å². The van der Waals surface area contributed by atoms with E-state index in [9.17, 15) is 4.79 Å². The van der Waals surface area contributed by atoms with Gasteiger partial charge in [-0.15, -0.1) is 0 Å². The summed E-state index contributed by atoms with van der Waals surface area (Å²) in [6.45, 7) is 5.07. The molecule has 0 saturated heterocycles. The number of benzene rings is 2. The summed E-state index contributed by atoms with van der Waals surface area (Å²) >= 11 is 6.31. The lowest BCUT2D eigenvalue weighted by Crippen LogP contribution is -2.34. The van der Waals surface area contributed by atoms with Crippen molar-refractivity contribution in [2.24, 2.45) is 0 Å². The normalized spacial score (nSPS) is 13.7. The van der Waals surface area contributed by atoms with E-state index in [1.807, 2.05) is 50.2 Å². The Balaban J connectivity index is 1.65. The van der Waals surface area contributed by atoms with E-state index in [2.05, 4.69) is 10.2 Å². The molecule has 138 valence electrons. The molecule has 0 atom stereocenters. The number of carbonyl (C=O) groups is 1. The Hall–Kier alpha value is -2.04. The summed E-state index contributed by atoms with van der Waals surface area (Å²) in [5.74, 6) is 0.813. The fraction of sp³-hybridized carbons (Fsp3) is 0.381. The van der Waals surface area contributed by atoms with E-state index in [1.54, 1.807) is 7.11 Å². The number of aryl methyl sites for hydroxylation is 2. The minimum atomic E-state index is -0.0285. The van der Waals surface area contributed by atoms with Crippen LogP contribution in [0.5, 0.6) is 5.75 Å². The van der Waals surface area contributed by atoms with E-state index in [1.165, 1.54) is 5.56 Å². The predicted octanol–water partition coefficient (Wildman–Crippen LogP) is 4.57. The average molecular weight is 373 g/mol. The van der Waals surface area contributed by atoms with Crippen LogP contribution >= 0.6 is 11.6 Å². The van der Waals surface area contributed by atoms with Crippen LogP contribution in [0.25, 0.3) is 0 Å². The molecule has 0 heterocycles. The number of nitrogens with one attached hydrogen (secondary N) is 1. The maximum Gasteiger partial charge on any atom is 0.238 e. The van der Waals surface area contributed by atoms with E-state index in [0.717, 1.165) is 36.3 Å². The van der Waals surface area contributed by atoms with Crippen molar-refractivity contribution in [3.05, 3.63) is 58.1 Å². The Labute approximate surface area is 160 Å². The molecule has 5 heteroatoms. The van der Waals surface area contributed by atoms with Gasteiger partial charge in [0.2, 0.25) is 5.91 Å². The number of nitrogens with zero attached hydrogens (tertiary/aromatic N) is 1. The van der Waals surface area contributed by atoms with Gasteiger partial charge in [-0.2, -0.15) is 0 Å². The molecule has 0 spiro atoms. The highest BCUT2D eigenvalue weighted by Gasteiger charge is 2.30. The third-order valence-electron chi connectivity index (χ3n) is 4.65. The van der Waals surface area contributed by atoms with E-state index in [-0.39, 0.29) is 5.91 Å². The average Bonchev–Trinajstić information content (AvgIpc) is 3.43. The van der Waals surface area contributed by atoms with Gasteiger partial charge in [-0.1, -0.05) is 29.8 Å². The van der Waals surface area contributed by atoms with Gasteiger partial charge in [0.1, 0.15) is 5.75 Å². The van der Waals surface area contributed by atoms with Crippen LogP contribution in [0.1, 0.15) is 29.5 Å². The number of methoxy groups -OCH3 is 1. The van der Waals surface area contributed by atoms with Gasteiger partial charge in [-0.05, 0) is 61.6 Å². The SMILES string of the molecule is COc1ccc(CN(CC(=O)Nc2c(C)cc(C)cc2Cl)C2CC2)cc1. The molecule has 1 aliphatic carbocycles. The van der Waals surface area contributed by atoms with Crippen LogP contribution in [0.3, 0.4) is 0 Å². The summed E-state index contributed by atoms with van der Waals surface area (Å²) in [5, 5.41) is 3.58. The van der Waals surface area contributed by atoms with Gasteiger partial charge in [0.25, 0.3) is 0 Å². The molecule has 1 saturated carbocycles. The molecule has 1 amide bonds. The Morgan fingerprint density at radius 2 is 1.92 bits per heavy atom. The first-order chi connectivity index (χ1) is 12.5. The first kappa shape index (κ1) is 18.7. The molecule has 0 aliphatic heterocycles. The monoisotopic (exact) mass is 372 g/mol. The van der Waals surface area contributed by atoms with E-state index in [4.69, 9.17) is 16.3 Å². The summed E-state index contributed by atoms with van der Waals surface area (Å²) in [6.07, 6.45) is 2.29. The largest absolute Gasteiger partial charge is 0.497 e. The minimum absolute atomic E-state index is 0.0285. The first-order valence-electron chi connectivity index (χ1n) is 8.90. The molecule has 0 aromatic heterocycles. The summed E-state index contributed by atoms with van der Waals surface area (Å²) in [5.41, 5.74) is 3.96. The molecule has 1 fully saturated rings. The summed E-state index contributed by atoms with van der Waals surface area (Å²) in [7, 11) is 1.66. The number of amides is 1. The molecule has 1 N–H and O–H groups in total. The minimum Gasteiger partial charge on any atom is -0.497 e. The standard InChI is InChI=1S/C21H25ClN2O2/c1-14-10-15(2)21(19(22)11-14)23-20(25)13-24(17-6-7-17)12-16-4-8-18(26-3)9-5-16/h4-5,8-11,17H,6-7,12-13H2,1-3H3,(H,23,25). The number of halogens is 1. The van der Waals surface area contributed by atoms with Gasteiger partial charge in [0.15, 0.2) is 0 Å². The molecule has 3 rings (SSSR count). The van der Waals surface area contributed by atoms with Crippen LogP contribution < -0.4 is 10.1 Å². The first-order valence-corrected chi connectivity index (χ1v) is 9.27. The molecule has 4 nitrogen and oxygen atoms in total. The van der Waals surface area contributed by atoms with Gasteiger partial charge in [-0.3, -0.25) is 9.69 Å². The van der Waals surface area contributed by atoms with E-state index < -0.39 is 0 Å². The number of ether oxygens (including phenoxy) is 1. The van der Waals surface area contributed by atoms with Crippen molar-refractivity contribution >= 4 is 23.2 Å². The zero-order valence-corrected chi connectivity index (χ0v) is 16.3. The Bertz CT molecular complexity index is 762. The fourth-order valence-electron chi connectivity index (χ4n) is 3.16. The summed E-state index contributed by atoms with van der Waals surface area (Å²) in [6, 6.07) is 12.4. The summed E-state index contributed by atoms with van der Waals surface area (Å²) in [4.78, 5) is 14.8. The van der Waals surface area contributed by atoms with Gasteiger partial charge < -0.3 is 10.1 Å². The fourth-order valence-corrected chi connectivity index (χ4v) is 3.53. The molecule has 0 unspecified atom stereocenters. The Kier molecular flexibility index (Phi) is 5.84. The van der Waals surface area contributed by atoms with Gasteiger partial charge in [0.05, 0.1) is 24.4 Å². The van der Waals surface area contributed by atoms with Crippen molar-refractivity contribution in [3.63, 3.8) is 0 Å². The smallest absolute Gasteiger partial charge is 0.238 e. The molecular weight excluding hydrogens is 348 g/mol. The van der Waals surface area contributed by atoms with Crippen molar-refractivity contribution in [2.45, 2.75) is 39.3 Å². The molecule has 0 radical (unpaired) electrons. The topological polar surface area (TPSA) is 41.6 Å². The number of hydrogen-bond donors (Lipinski definition) is 1. The van der Waals surface area contributed by atoms with Crippen molar-refractivity contribution in [3.8, 4) is 5.75 Å². The zero-order valence-electron chi connectivity index (χ0n) is 15.5. The number of hydrogen-bond acceptors (Lipinski definition) is 3. The lowest BCUT2D eigenvalue weighted by molar-refractivity contribution is -0.117. The highest BCUT2D eigenvalue weighted by Crippen LogP contribution is 2.30. The van der Waals surface area contributed by atoms with Crippen LogP contribution in [0.2, 0.25) is 5.02 Å². The highest BCUT2D eigenvalue weighted by atomic mass is 35.5. The van der Waals surface area contributed by atoms with Crippen LogP contribution in [0, 0.1) is 13.8 Å². The third-order valence-corrected chi connectivity index (χ3v) is 4.95. The van der Waals surface area contributed by atoms with E-state index >= 15 is 0 Å². The molecule has 2 aromatic rings. The lowest BCUT2D eigenvalue weighted by atomic mass is 10.1. The maximum absolute atomic E-state index is 12.6. The van der Waals surface area contributed by atoms with Crippen LogP contribution in [0.15, 0.2) is 36.4 Å². The quantitative estimate of drug-likeness (QED) is 0.774. The zero-order chi connectivity index (χ0) is 18.7. The van der Waals surface area contributed by atoms with Crippen molar-refractivity contribution in [1.29, 1.82) is 0 Å². The predicted molar refractivity (Wildman–Crippen MR) is 106 cm³/mol. The van der Waals surface area contributed by atoms with Gasteiger partial charge in [-0.25, -0.2) is 0 Å². The lowest BCUT2D eigenvalue weighted by Gasteiger charge is -2.22. The Morgan fingerprint density at radius 1 is 1.23 bits per heavy atom. The van der Waals surface area contributed by atoms with Gasteiger partial charge in [0, 0.05) is 12.6 Å². The second kappa shape index (κ2) is 8.11. The second-order valence-electron chi connectivity index (χ2n) is 6.97. The Morgan fingerprint density at radius 3 is 2.50 bits per heavy atom. The van der Waals surface area contributed by atoms with Crippen molar-refractivity contribution in [2.75, 3.05) is 19.0 Å². The summed E-state index contributed by atoms with van der Waals surface area (Å²) < 4.78 is 5.21. The number of anilines is 1. The molecule has 26 heavy (non-hydrogen) atoms. The van der Waals surface area contributed by atoms with Crippen LogP contribution in [-0.4, -0.2) is 30.5 Å². The number of rotatable bonds is 7. The van der Waals surface area contributed by atoms with Crippen molar-refractivity contribution < 1.29 is 9.53 Å². The van der Waals surface area contributed by atoms with Crippen molar-refractivity contribution in [1.82, 2.24) is 4.90 Å². The van der Waals surface area contributed by atoms with Crippen LogP contribution in [-0.2, 0) is 11.3 Å². The number of carbonyl (C=O) groups excluding carboxylic acids is 1. The second-order valence-corrected chi connectivity index (χ2v) is 7.38. The molecule has 2 aromatic carbocycles. The maximum atomic E-state index is 12.6. The third kappa shape index (κ3) is 4.77. The van der Waals surface area contributed by atoms with Crippen LogP contribution in [0.4, 0.5) is 5.69 Å². The molecular formula is C21H25ClN2O2. The van der Waals surface area contributed by atoms with Gasteiger partial charge >= 0.3 is 0 Å². The molecule has 0 bridgehead atoms. The highest BCUT2D eigenvalue weighted by molar-refractivity contribution is 6.34. The molecule has 1 aliphatic rings.